The second kappa shape index (κ2) is 7.68. The summed E-state index contributed by atoms with van der Waals surface area (Å²) < 4.78 is 0. The summed E-state index contributed by atoms with van der Waals surface area (Å²) in [6.07, 6.45) is 1.89. The molecule has 2 fully saturated rings. The number of halogens is 1. The van der Waals surface area contributed by atoms with Crippen molar-refractivity contribution in [1.82, 2.24) is 14.9 Å². The van der Waals surface area contributed by atoms with E-state index in [-0.39, 0.29) is 0 Å². The highest BCUT2D eigenvalue weighted by molar-refractivity contribution is 6.30. The zero-order valence-corrected chi connectivity index (χ0v) is 15.9. The van der Waals surface area contributed by atoms with E-state index in [2.05, 4.69) is 37.7 Å². The highest BCUT2D eigenvalue weighted by Crippen LogP contribution is 2.22. The van der Waals surface area contributed by atoms with Crippen molar-refractivity contribution in [2.75, 3.05) is 74.1 Å². The summed E-state index contributed by atoms with van der Waals surface area (Å²) in [5.74, 6) is 1.88. The summed E-state index contributed by atoms with van der Waals surface area (Å²) in [7, 11) is 2.17. The van der Waals surface area contributed by atoms with Crippen LogP contribution in [0.1, 0.15) is 0 Å². The summed E-state index contributed by atoms with van der Waals surface area (Å²) in [5, 5.41) is 0.785. The molecule has 0 N–H and O–H groups in total. The molecule has 0 saturated carbocycles. The van der Waals surface area contributed by atoms with Crippen LogP contribution in [0, 0.1) is 0 Å². The third-order valence-electron chi connectivity index (χ3n) is 5.19. The van der Waals surface area contributed by atoms with Crippen molar-refractivity contribution < 1.29 is 0 Å². The number of likely N-dealkylation sites (N-methyl/N-ethyl adjacent to an activating group) is 1. The zero-order chi connectivity index (χ0) is 17.9. The van der Waals surface area contributed by atoms with Crippen LogP contribution in [0.5, 0.6) is 0 Å². The maximum absolute atomic E-state index is 6.12. The van der Waals surface area contributed by atoms with Crippen LogP contribution >= 0.6 is 11.6 Å². The van der Waals surface area contributed by atoms with E-state index >= 15 is 0 Å². The first-order valence-electron chi connectivity index (χ1n) is 9.21. The van der Waals surface area contributed by atoms with E-state index < -0.39 is 0 Å². The van der Waals surface area contributed by atoms with Crippen LogP contribution in [0.2, 0.25) is 5.02 Å². The van der Waals surface area contributed by atoms with E-state index in [0.717, 1.165) is 69.1 Å². The molecule has 0 spiro atoms. The van der Waals surface area contributed by atoms with Crippen LogP contribution in [0.25, 0.3) is 0 Å². The van der Waals surface area contributed by atoms with Crippen molar-refractivity contribution in [3.05, 3.63) is 41.6 Å². The molecule has 4 rings (SSSR count). The molecule has 0 unspecified atom stereocenters. The number of benzene rings is 1. The predicted octanol–water partition coefficient (Wildman–Crippen LogP) is 2.21. The fourth-order valence-corrected chi connectivity index (χ4v) is 3.73. The Hall–Kier alpha value is -2.05. The van der Waals surface area contributed by atoms with Gasteiger partial charge in [0.05, 0.1) is 0 Å². The first-order chi connectivity index (χ1) is 12.7. The maximum Gasteiger partial charge on any atom is 0.227 e. The molecule has 26 heavy (non-hydrogen) atoms. The first-order valence-corrected chi connectivity index (χ1v) is 9.59. The topological polar surface area (TPSA) is 38.7 Å². The van der Waals surface area contributed by atoms with E-state index in [1.165, 1.54) is 5.69 Å². The van der Waals surface area contributed by atoms with Gasteiger partial charge in [-0.15, -0.1) is 0 Å². The van der Waals surface area contributed by atoms with Gasteiger partial charge in [-0.1, -0.05) is 17.7 Å². The summed E-state index contributed by atoms with van der Waals surface area (Å²) >= 11 is 6.12. The fourth-order valence-electron chi connectivity index (χ4n) is 3.54. The molecule has 2 saturated heterocycles. The van der Waals surface area contributed by atoms with E-state index in [4.69, 9.17) is 16.6 Å². The standard InChI is InChI=1S/C19H25ClN6/c1-23-7-9-25(10-8-23)18-5-6-21-19(22-18)26-13-11-24(12-14-26)17-4-2-3-16(20)15-17/h2-6,15H,7-14H2,1H3. The first kappa shape index (κ1) is 17.4. The minimum atomic E-state index is 0.785. The van der Waals surface area contributed by atoms with Crippen LogP contribution in [-0.2, 0) is 0 Å². The Balaban J connectivity index is 1.41. The molecule has 1 aromatic carbocycles. The molecule has 7 heteroatoms. The van der Waals surface area contributed by atoms with Gasteiger partial charge in [-0.05, 0) is 31.3 Å². The highest BCUT2D eigenvalue weighted by Gasteiger charge is 2.21. The van der Waals surface area contributed by atoms with Crippen LogP contribution in [0.4, 0.5) is 17.5 Å². The Morgan fingerprint density at radius 2 is 1.54 bits per heavy atom. The molecule has 0 atom stereocenters. The summed E-state index contributed by atoms with van der Waals surface area (Å²) in [5.41, 5.74) is 1.18. The van der Waals surface area contributed by atoms with Crippen molar-refractivity contribution in [1.29, 1.82) is 0 Å². The van der Waals surface area contributed by atoms with Gasteiger partial charge in [-0.2, -0.15) is 4.98 Å². The van der Waals surface area contributed by atoms with Crippen molar-refractivity contribution in [3.63, 3.8) is 0 Å². The third-order valence-corrected chi connectivity index (χ3v) is 5.43. The lowest BCUT2D eigenvalue weighted by molar-refractivity contribution is 0.312. The average Bonchev–Trinajstić information content (AvgIpc) is 2.69. The predicted molar refractivity (Wildman–Crippen MR) is 108 cm³/mol. The van der Waals surface area contributed by atoms with Crippen molar-refractivity contribution in [2.45, 2.75) is 0 Å². The minimum absolute atomic E-state index is 0.785. The molecule has 0 amide bonds. The number of hydrogen-bond acceptors (Lipinski definition) is 6. The highest BCUT2D eigenvalue weighted by atomic mass is 35.5. The van der Waals surface area contributed by atoms with Crippen LogP contribution in [-0.4, -0.2) is 74.3 Å². The number of nitrogens with zero attached hydrogens (tertiary/aromatic N) is 6. The maximum atomic E-state index is 6.12. The van der Waals surface area contributed by atoms with Gasteiger partial charge in [0.1, 0.15) is 5.82 Å². The monoisotopic (exact) mass is 372 g/mol. The Morgan fingerprint density at radius 3 is 2.27 bits per heavy atom. The van der Waals surface area contributed by atoms with E-state index in [9.17, 15) is 0 Å². The van der Waals surface area contributed by atoms with E-state index in [0.29, 0.717) is 0 Å². The Labute approximate surface area is 160 Å². The summed E-state index contributed by atoms with van der Waals surface area (Å²) in [6.45, 7) is 7.93. The number of hydrogen-bond donors (Lipinski definition) is 0. The molecule has 3 heterocycles. The number of piperazine rings is 2. The van der Waals surface area contributed by atoms with Gasteiger partial charge >= 0.3 is 0 Å². The molecule has 0 radical (unpaired) electrons. The number of anilines is 3. The van der Waals surface area contributed by atoms with Gasteiger partial charge in [0.15, 0.2) is 0 Å². The number of rotatable bonds is 3. The Bertz CT molecular complexity index is 738. The number of aromatic nitrogens is 2. The second-order valence-corrected chi connectivity index (χ2v) is 7.40. The van der Waals surface area contributed by atoms with E-state index in [1.807, 2.05) is 30.5 Å². The molecule has 138 valence electrons. The van der Waals surface area contributed by atoms with Crippen LogP contribution in [0.3, 0.4) is 0 Å². The summed E-state index contributed by atoms with van der Waals surface area (Å²) in [6, 6.07) is 10.1. The van der Waals surface area contributed by atoms with Crippen LogP contribution in [0.15, 0.2) is 36.5 Å². The largest absolute Gasteiger partial charge is 0.368 e. The van der Waals surface area contributed by atoms with Crippen molar-refractivity contribution >= 4 is 29.1 Å². The molecule has 2 aromatic rings. The molecule has 1 aromatic heterocycles. The van der Waals surface area contributed by atoms with E-state index in [1.54, 1.807) is 0 Å². The average molecular weight is 373 g/mol. The van der Waals surface area contributed by atoms with Gasteiger partial charge in [-0.3, -0.25) is 0 Å². The molecular formula is C19H25ClN6. The Kier molecular flexibility index (Phi) is 5.13. The van der Waals surface area contributed by atoms with Gasteiger partial charge < -0.3 is 19.6 Å². The smallest absolute Gasteiger partial charge is 0.227 e. The SMILES string of the molecule is CN1CCN(c2ccnc(N3CCN(c4cccc(Cl)c4)CC3)n2)CC1. The molecule has 0 aliphatic carbocycles. The van der Waals surface area contributed by atoms with Crippen molar-refractivity contribution in [2.24, 2.45) is 0 Å². The van der Waals surface area contributed by atoms with Gasteiger partial charge in [0, 0.05) is 69.3 Å². The van der Waals surface area contributed by atoms with Gasteiger partial charge in [0.2, 0.25) is 5.95 Å². The fraction of sp³-hybridized carbons (Fsp3) is 0.474. The Morgan fingerprint density at radius 1 is 0.846 bits per heavy atom. The molecule has 2 aliphatic heterocycles. The van der Waals surface area contributed by atoms with Crippen LogP contribution < -0.4 is 14.7 Å². The molecule has 2 aliphatic rings. The van der Waals surface area contributed by atoms with Gasteiger partial charge in [-0.25, -0.2) is 4.98 Å². The minimum Gasteiger partial charge on any atom is -0.368 e. The quantitative estimate of drug-likeness (QED) is 0.822. The lowest BCUT2D eigenvalue weighted by atomic mass is 10.2. The van der Waals surface area contributed by atoms with Crippen molar-refractivity contribution in [3.8, 4) is 0 Å². The molecule has 6 nitrogen and oxygen atoms in total. The summed E-state index contributed by atoms with van der Waals surface area (Å²) in [4.78, 5) is 18.7. The zero-order valence-electron chi connectivity index (χ0n) is 15.2. The normalized spacial score (nSPS) is 19.1. The molecular weight excluding hydrogens is 348 g/mol. The third kappa shape index (κ3) is 3.86. The second-order valence-electron chi connectivity index (χ2n) is 6.96. The molecule has 0 bridgehead atoms. The lowest BCUT2D eigenvalue weighted by Gasteiger charge is -2.37. The lowest BCUT2D eigenvalue weighted by Crippen LogP contribution is -2.47. The van der Waals surface area contributed by atoms with Gasteiger partial charge in [0.25, 0.3) is 0 Å².